The van der Waals surface area contributed by atoms with Crippen LogP contribution in [0.25, 0.3) is 0 Å². The van der Waals surface area contributed by atoms with Crippen molar-refractivity contribution in [1.82, 2.24) is 0 Å². The van der Waals surface area contributed by atoms with Crippen molar-refractivity contribution < 1.29 is 4.92 Å². The molecule has 1 aliphatic rings. The smallest absolute Gasteiger partial charge is 0.316 e. The molecule has 0 radical (unpaired) electrons. The quantitative estimate of drug-likeness (QED) is 0.413. The monoisotopic (exact) mass is 236 g/mol. The minimum Gasteiger partial charge on any atom is -0.377 e. The lowest BCUT2D eigenvalue weighted by atomic mass is 10.1. The van der Waals surface area contributed by atoms with Gasteiger partial charge in [-0.1, -0.05) is 6.07 Å². The number of hydrogen-bond acceptors (Lipinski definition) is 5. The molecule has 4 N–H and O–H groups in total. The van der Waals surface area contributed by atoms with Crippen molar-refractivity contribution >= 4 is 17.1 Å². The summed E-state index contributed by atoms with van der Waals surface area (Å²) in [5, 5.41) is 14.2. The second-order valence-corrected chi connectivity index (χ2v) is 4.37. The third kappa shape index (κ3) is 2.47. The Bertz CT molecular complexity index is 431. The Labute approximate surface area is 99.3 Å². The summed E-state index contributed by atoms with van der Waals surface area (Å²) in [7, 11) is 0. The van der Waals surface area contributed by atoms with Crippen molar-refractivity contribution in [1.29, 1.82) is 0 Å². The molecule has 6 heteroatoms. The Balaban J connectivity index is 2.27. The van der Waals surface area contributed by atoms with E-state index >= 15 is 0 Å². The number of anilines is 2. The third-order valence-electron chi connectivity index (χ3n) is 3.09. The van der Waals surface area contributed by atoms with Crippen molar-refractivity contribution in [2.45, 2.75) is 25.8 Å². The predicted molar refractivity (Wildman–Crippen MR) is 66.7 cm³/mol. The highest BCUT2D eigenvalue weighted by molar-refractivity contribution is 5.76. The molecule has 17 heavy (non-hydrogen) atoms. The minimum absolute atomic E-state index is 0.00231. The first-order valence-electron chi connectivity index (χ1n) is 5.64. The van der Waals surface area contributed by atoms with Gasteiger partial charge in [-0.25, -0.2) is 0 Å². The normalized spacial score (nSPS) is 16.4. The molecule has 0 saturated heterocycles. The summed E-state index contributed by atoms with van der Waals surface area (Å²) in [6, 6.07) is 5.29. The average Bonchev–Trinajstić information content (AvgIpc) is 3.11. The van der Waals surface area contributed by atoms with Crippen molar-refractivity contribution in [3.8, 4) is 0 Å². The van der Waals surface area contributed by atoms with Crippen LogP contribution in [-0.4, -0.2) is 11.0 Å². The highest BCUT2D eigenvalue weighted by Crippen LogP contribution is 2.37. The molecule has 92 valence electrons. The number of nitro benzene ring substituents is 1. The van der Waals surface area contributed by atoms with Gasteiger partial charge in [0.25, 0.3) is 0 Å². The van der Waals surface area contributed by atoms with E-state index in [-0.39, 0.29) is 11.7 Å². The van der Waals surface area contributed by atoms with Crippen LogP contribution >= 0.6 is 0 Å². The molecule has 1 aromatic carbocycles. The fourth-order valence-corrected chi connectivity index (χ4v) is 1.93. The number of nitrogens with one attached hydrogen (secondary N) is 2. The van der Waals surface area contributed by atoms with E-state index in [0.717, 1.165) is 0 Å². The van der Waals surface area contributed by atoms with Gasteiger partial charge in [-0.3, -0.25) is 16.0 Å². The second-order valence-electron chi connectivity index (χ2n) is 4.37. The number of nitro groups is 1. The van der Waals surface area contributed by atoms with Crippen LogP contribution in [0.2, 0.25) is 0 Å². The molecule has 0 bridgehead atoms. The summed E-state index contributed by atoms with van der Waals surface area (Å²) in [6.07, 6.45) is 2.38. The predicted octanol–water partition coefficient (Wildman–Crippen LogP) is 2.09. The molecule has 1 fully saturated rings. The number of nitrogen functional groups attached to an aromatic ring is 1. The van der Waals surface area contributed by atoms with E-state index in [9.17, 15) is 10.1 Å². The number of benzene rings is 1. The molecule has 0 aromatic heterocycles. The lowest BCUT2D eigenvalue weighted by Gasteiger charge is -2.15. The maximum absolute atomic E-state index is 11.0. The fraction of sp³-hybridized carbons (Fsp3) is 0.455. The van der Waals surface area contributed by atoms with E-state index in [2.05, 4.69) is 10.7 Å². The maximum atomic E-state index is 11.0. The van der Waals surface area contributed by atoms with Gasteiger partial charge in [0.1, 0.15) is 11.4 Å². The highest BCUT2D eigenvalue weighted by atomic mass is 16.6. The molecular formula is C11H16N4O2. The molecule has 0 heterocycles. The summed E-state index contributed by atoms with van der Waals surface area (Å²) in [5.41, 5.74) is 3.20. The Kier molecular flexibility index (Phi) is 3.14. The first kappa shape index (κ1) is 11.7. The zero-order valence-electron chi connectivity index (χ0n) is 9.64. The van der Waals surface area contributed by atoms with Crippen LogP contribution in [0.4, 0.5) is 17.1 Å². The molecule has 1 aliphatic carbocycles. The van der Waals surface area contributed by atoms with Crippen molar-refractivity contribution in [3.63, 3.8) is 0 Å². The Morgan fingerprint density at radius 2 is 2.12 bits per heavy atom. The second kappa shape index (κ2) is 4.58. The average molecular weight is 236 g/mol. The summed E-state index contributed by atoms with van der Waals surface area (Å²) >= 11 is 0. The maximum Gasteiger partial charge on any atom is 0.316 e. The minimum atomic E-state index is -0.419. The molecule has 6 nitrogen and oxygen atoms in total. The highest BCUT2D eigenvalue weighted by Gasteiger charge is 2.29. The van der Waals surface area contributed by atoms with E-state index in [1.54, 1.807) is 18.2 Å². The molecule has 1 unspecified atom stereocenters. The standard InChI is InChI=1S/C11H16N4O2/c1-7(8-5-6-8)13-9-3-2-4-10(14-12)11(9)15(16)17/h2-4,7-8,13-14H,5-6,12H2,1H3. The van der Waals surface area contributed by atoms with Gasteiger partial charge in [-0.05, 0) is 37.8 Å². The number of rotatable bonds is 5. The number of nitrogens with two attached hydrogens (primary N) is 1. The van der Waals surface area contributed by atoms with Gasteiger partial charge >= 0.3 is 5.69 Å². The molecule has 0 amide bonds. The van der Waals surface area contributed by atoms with Gasteiger partial charge < -0.3 is 10.7 Å². The topological polar surface area (TPSA) is 93.2 Å². The third-order valence-corrected chi connectivity index (χ3v) is 3.09. The summed E-state index contributed by atoms with van der Waals surface area (Å²) in [6.45, 7) is 2.05. The molecule has 1 aromatic rings. The first-order valence-corrected chi connectivity index (χ1v) is 5.64. The molecular weight excluding hydrogens is 220 g/mol. The molecule has 1 atom stereocenters. The van der Waals surface area contributed by atoms with Crippen LogP contribution in [0.15, 0.2) is 18.2 Å². The number of hydrazine groups is 1. The van der Waals surface area contributed by atoms with E-state index < -0.39 is 4.92 Å². The lowest BCUT2D eigenvalue weighted by molar-refractivity contribution is -0.383. The number of hydrogen-bond donors (Lipinski definition) is 3. The number of para-hydroxylation sites is 1. The zero-order valence-corrected chi connectivity index (χ0v) is 9.64. The van der Waals surface area contributed by atoms with Crippen LogP contribution in [0.1, 0.15) is 19.8 Å². The Morgan fingerprint density at radius 3 is 2.65 bits per heavy atom. The Hall–Kier alpha value is -1.82. The molecule has 0 aliphatic heterocycles. The first-order chi connectivity index (χ1) is 8.13. The van der Waals surface area contributed by atoms with Gasteiger partial charge in [-0.2, -0.15) is 0 Å². The Morgan fingerprint density at radius 1 is 1.47 bits per heavy atom. The summed E-state index contributed by atoms with van der Waals surface area (Å²) in [4.78, 5) is 10.6. The lowest BCUT2D eigenvalue weighted by Crippen LogP contribution is -2.19. The van der Waals surface area contributed by atoms with Crippen molar-refractivity contribution in [3.05, 3.63) is 28.3 Å². The van der Waals surface area contributed by atoms with E-state index in [1.807, 2.05) is 6.92 Å². The molecule has 1 saturated carbocycles. The van der Waals surface area contributed by atoms with Crippen LogP contribution < -0.4 is 16.6 Å². The van der Waals surface area contributed by atoms with Gasteiger partial charge in [0.05, 0.1) is 4.92 Å². The summed E-state index contributed by atoms with van der Waals surface area (Å²) in [5.74, 6) is 5.91. The number of nitrogens with zero attached hydrogens (tertiary/aromatic N) is 1. The van der Waals surface area contributed by atoms with Crippen molar-refractivity contribution in [2.24, 2.45) is 11.8 Å². The summed E-state index contributed by atoms with van der Waals surface area (Å²) < 4.78 is 0. The van der Waals surface area contributed by atoms with Crippen LogP contribution in [0.5, 0.6) is 0 Å². The van der Waals surface area contributed by atoms with E-state index in [1.165, 1.54) is 12.8 Å². The van der Waals surface area contributed by atoms with Crippen molar-refractivity contribution in [2.75, 3.05) is 10.7 Å². The van der Waals surface area contributed by atoms with Gasteiger partial charge in [0, 0.05) is 6.04 Å². The van der Waals surface area contributed by atoms with Gasteiger partial charge in [-0.15, -0.1) is 0 Å². The SMILES string of the molecule is CC(Nc1cccc(NN)c1[N+](=O)[O-])C1CC1. The molecule has 0 spiro atoms. The van der Waals surface area contributed by atoms with E-state index in [4.69, 9.17) is 5.84 Å². The zero-order chi connectivity index (χ0) is 12.4. The molecule has 2 rings (SSSR count). The van der Waals surface area contributed by atoms with Gasteiger partial charge in [0.2, 0.25) is 0 Å². The van der Waals surface area contributed by atoms with Crippen LogP contribution in [0, 0.1) is 16.0 Å². The fourth-order valence-electron chi connectivity index (χ4n) is 1.93. The van der Waals surface area contributed by atoms with Gasteiger partial charge in [0.15, 0.2) is 0 Å². The van der Waals surface area contributed by atoms with Crippen LogP contribution in [0.3, 0.4) is 0 Å². The van der Waals surface area contributed by atoms with Crippen LogP contribution in [-0.2, 0) is 0 Å². The largest absolute Gasteiger partial charge is 0.377 e. The van der Waals surface area contributed by atoms with E-state index in [0.29, 0.717) is 17.3 Å².